The van der Waals surface area contributed by atoms with E-state index in [0.29, 0.717) is 19.4 Å². The summed E-state index contributed by atoms with van der Waals surface area (Å²) >= 11 is 0. The largest absolute Gasteiger partial charge is 0.480 e. The number of para-hydroxylation sites is 1. The van der Waals surface area contributed by atoms with Crippen molar-refractivity contribution in [3.05, 3.63) is 59.7 Å². The van der Waals surface area contributed by atoms with Crippen molar-refractivity contribution < 1.29 is 14.3 Å². The van der Waals surface area contributed by atoms with E-state index in [1.807, 2.05) is 53.4 Å². The van der Waals surface area contributed by atoms with E-state index in [0.717, 1.165) is 42.0 Å². The Kier molecular flexibility index (Phi) is 4.61. The van der Waals surface area contributed by atoms with E-state index >= 15 is 0 Å². The van der Waals surface area contributed by atoms with Gasteiger partial charge in [0.05, 0.1) is 0 Å². The summed E-state index contributed by atoms with van der Waals surface area (Å²) in [5.74, 6) is 0.901. The summed E-state index contributed by atoms with van der Waals surface area (Å²) in [7, 11) is 0. The zero-order valence-electron chi connectivity index (χ0n) is 14.6. The van der Waals surface area contributed by atoms with Gasteiger partial charge in [0.1, 0.15) is 5.75 Å². The van der Waals surface area contributed by atoms with Crippen LogP contribution in [0.1, 0.15) is 30.4 Å². The first-order chi connectivity index (χ1) is 12.7. The highest BCUT2D eigenvalue weighted by Gasteiger charge is 2.25. The molecule has 2 heterocycles. The van der Waals surface area contributed by atoms with Gasteiger partial charge in [-0.05, 0) is 48.6 Å². The zero-order valence-corrected chi connectivity index (χ0v) is 14.6. The summed E-state index contributed by atoms with van der Waals surface area (Å²) in [6.07, 6.45) is 2.65. The van der Waals surface area contributed by atoms with Crippen LogP contribution >= 0.6 is 0 Å². The fourth-order valence-electron chi connectivity index (χ4n) is 3.53. The number of hydrogen-bond donors (Lipinski definition) is 1. The Labute approximate surface area is 153 Å². The molecule has 26 heavy (non-hydrogen) atoms. The molecule has 5 heteroatoms. The lowest BCUT2D eigenvalue weighted by molar-refractivity contribution is -0.128. The number of nitrogens with one attached hydrogen (secondary N) is 1. The molecule has 4 rings (SSSR count). The van der Waals surface area contributed by atoms with E-state index in [1.165, 1.54) is 0 Å². The minimum atomic E-state index is -0.439. The van der Waals surface area contributed by atoms with Crippen LogP contribution < -0.4 is 15.0 Å². The number of anilines is 1. The Morgan fingerprint density at radius 3 is 2.69 bits per heavy atom. The lowest BCUT2D eigenvalue weighted by Gasteiger charge is -2.25. The van der Waals surface area contributed by atoms with Crippen molar-refractivity contribution in [3.63, 3.8) is 0 Å². The van der Waals surface area contributed by atoms with Gasteiger partial charge in [0.2, 0.25) is 5.91 Å². The number of aryl methyl sites for hydroxylation is 1. The third-order valence-corrected chi connectivity index (χ3v) is 5.00. The molecular weight excluding hydrogens is 328 g/mol. The van der Waals surface area contributed by atoms with Gasteiger partial charge in [-0.2, -0.15) is 0 Å². The number of carbonyl (C=O) groups is 2. The van der Waals surface area contributed by atoms with Crippen LogP contribution in [0.15, 0.2) is 48.5 Å². The molecule has 1 saturated heterocycles. The third-order valence-electron chi connectivity index (χ3n) is 5.00. The highest BCUT2D eigenvalue weighted by atomic mass is 16.5. The van der Waals surface area contributed by atoms with E-state index in [9.17, 15) is 9.59 Å². The number of benzene rings is 2. The summed E-state index contributed by atoms with van der Waals surface area (Å²) in [4.78, 5) is 26.0. The SMILES string of the molecule is O=C(NCc1ccc(N2CCCC2=O)cc1)[C@@H]1CCc2ccccc2O1. The molecule has 0 spiro atoms. The van der Waals surface area contributed by atoms with Gasteiger partial charge in [0, 0.05) is 25.2 Å². The maximum Gasteiger partial charge on any atom is 0.261 e. The number of ether oxygens (including phenoxy) is 1. The average molecular weight is 350 g/mol. The second kappa shape index (κ2) is 7.20. The molecular formula is C21H22N2O3. The maximum atomic E-state index is 12.4. The van der Waals surface area contributed by atoms with Gasteiger partial charge in [0.25, 0.3) is 5.91 Å². The van der Waals surface area contributed by atoms with Crippen molar-refractivity contribution in [2.75, 3.05) is 11.4 Å². The maximum absolute atomic E-state index is 12.4. The molecule has 2 aliphatic heterocycles. The standard InChI is InChI=1S/C21H22N2O3/c24-20-6-3-13-23(20)17-10-7-15(8-11-17)14-22-21(25)19-12-9-16-4-1-2-5-18(16)26-19/h1-2,4-5,7-8,10-11,19H,3,6,9,12-14H2,(H,22,25)/t19-/m0/s1. The third kappa shape index (κ3) is 3.43. The molecule has 134 valence electrons. The van der Waals surface area contributed by atoms with Gasteiger partial charge >= 0.3 is 0 Å². The fraction of sp³-hybridized carbons (Fsp3) is 0.333. The Morgan fingerprint density at radius 1 is 1.12 bits per heavy atom. The number of fused-ring (bicyclic) bond motifs is 1. The molecule has 2 aromatic rings. The molecule has 2 aromatic carbocycles. The number of amides is 2. The van der Waals surface area contributed by atoms with E-state index in [4.69, 9.17) is 4.74 Å². The Morgan fingerprint density at radius 2 is 1.92 bits per heavy atom. The number of nitrogens with zero attached hydrogens (tertiary/aromatic N) is 1. The van der Waals surface area contributed by atoms with Gasteiger partial charge in [-0.15, -0.1) is 0 Å². The van der Waals surface area contributed by atoms with Crippen LogP contribution in [0, 0.1) is 0 Å². The van der Waals surface area contributed by atoms with Crippen LogP contribution in [0.3, 0.4) is 0 Å². The smallest absolute Gasteiger partial charge is 0.261 e. The molecule has 0 aromatic heterocycles. The number of hydrogen-bond acceptors (Lipinski definition) is 3. The first kappa shape index (κ1) is 16.6. The average Bonchev–Trinajstić information content (AvgIpc) is 3.12. The summed E-state index contributed by atoms with van der Waals surface area (Å²) in [5.41, 5.74) is 3.09. The molecule has 2 amide bonds. The molecule has 1 atom stereocenters. The highest BCUT2D eigenvalue weighted by Crippen LogP contribution is 2.27. The summed E-state index contributed by atoms with van der Waals surface area (Å²) < 4.78 is 5.82. The zero-order chi connectivity index (χ0) is 17.9. The summed E-state index contributed by atoms with van der Waals surface area (Å²) in [6, 6.07) is 15.7. The van der Waals surface area contributed by atoms with Crippen molar-refractivity contribution in [2.24, 2.45) is 0 Å². The predicted molar refractivity (Wildman–Crippen MR) is 99.1 cm³/mol. The van der Waals surface area contributed by atoms with Crippen molar-refractivity contribution in [1.82, 2.24) is 5.32 Å². The van der Waals surface area contributed by atoms with Gasteiger partial charge < -0.3 is 15.0 Å². The van der Waals surface area contributed by atoms with Crippen molar-refractivity contribution in [3.8, 4) is 5.75 Å². The van der Waals surface area contributed by atoms with Crippen LogP contribution in [0.2, 0.25) is 0 Å². The molecule has 0 aliphatic carbocycles. The van der Waals surface area contributed by atoms with Crippen molar-refractivity contribution in [2.45, 2.75) is 38.3 Å². The monoisotopic (exact) mass is 350 g/mol. The molecule has 2 aliphatic rings. The van der Waals surface area contributed by atoms with Crippen LogP contribution in [-0.4, -0.2) is 24.5 Å². The number of carbonyl (C=O) groups excluding carboxylic acids is 2. The van der Waals surface area contributed by atoms with Gasteiger partial charge in [-0.3, -0.25) is 9.59 Å². The van der Waals surface area contributed by atoms with Crippen LogP contribution in [0.5, 0.6) is 5.75 Å². The molecule has 0 unspecified atom stereocenters. The van der Waals surface area contributed by atoms with Gasteiger partial charge in [0.15, 0.2) is 6.10 Å². The summed E-state index contributed by atoms with van der Waals surface area (Å²) in [6.45, 7) is 1.24. The first-order valence-corrected chi connectivity index (χ1v) is 9.12. The molecule has 0 bridgehead atoms. The lowest BCUT2D eigenvalue weighted by atomic mass is 10.0. The Balaban J connectivity index is 1.33. The minimum absolute atomic E-state index is 0.0849. The highest BCUT2D eigenvalue weighted by molar-refractivity contribution is 5.95. The lowest BCUT2D eigenvalue weighted by Crippen LogP contribution is -2.40. The van der Waals surface area contributed by atoms with Crippen molar-refractivity contribution in [1.29, 1.82) is 0 Å². The predicted octanol–water partition coefficient (Wildman–Crippen LogP) is 2.82. The van der Waals surface area contributed by atoms with Crippen LogP contribution in [-0.2, 0) is 22.6 Å². The molecule has 0 radical (unpaired) electrons. The van der Waals surface area contributed by atoms with Gasteiger partial charge in [-0.1, -0.05) is 30.3 Å². The first-order valence-electron chi connectivity index (χ1n) is 9.12. The minimum Gasteiger partial charge on any atom is -0.480 e. The topological polar surface area (TPSA) is 58.6 Å². The molecule has 1 fully saturated rings. The van der Waals surface area contributed by atoms with Crippen LogP contribution in [0.4, 0.5) is 5.69 Å². The second-order valence-corrected chi connectivity index (χ2v) is 6.79. The Bertz CT molecular complexity index is 816. The molecule has 1 N–H and O–H groups in total. The molecule has 5 nitrogen and oxygen atoms in total. The second-order valence-electron chi connectivity index (χ2n) is 6.79. The van der Waals surface area contributed by atoms with E-state index in [-0.39, 0.29) is 11.8 Å². The fourth-order valence-corrected chi connectivity index (χ4v) is 3.53. The Hall–Kier alpha value is -2.82. The van der Waals surface area contributed by atoms with E-state index in [2.05, 4.69) is 5.32 Å². The quantitative estimate of drug-likeness (QED) is 0.922. The van der Waals surface area contributed by atoms with E-state index < -0.39 is 6.10 Å². The normalized spacial score (nSPS) is 19.0. The van der Waals surface area contributed by atoms with Crippen molar-refractivity contribution >= 4 is 17.5 Å². The summed E-state index contributed by atoms with van der Waals surface area (Å²) in [5, 5.41) is 2.95. The van der Waals surface area contributed by atoms with E-state index in [1.54, 1.807) is 0 Å². The van der Waals surface area contributed by atoms with Gasteiger partial charge in [-0.25, -0.2) is 0 Å². The number of rotatable bonds is 4. The van der Waals surface area contributed by atoms with Crippen LogP contribution in [0.25, 0.3) is 0 Å². The molecule has 0 saturated carbocycles.